The molecule has 0 aliphatic carbocycles. The third kappa shape index (κ3) is 4.83. The van der Waals surface area contributed by atoms with E-state index >= 15 is 0 Å². The Kier molecular flexibility index (Phi) is 6.39. The second-order valence-corrected chi connectivity index (χ2v) is 6.97. The second kappa shape index (κ2) is 9.14. The lowest BCUT2D eigenvalue weighted by atomic mass is 10.2. The number of para-hydroxylation sites is 2. The maximum absolute atomic E-state index is 12.6. The third-order valence-electron chi connectivity index (χ3n) is 3.84. The number of rotatable bonds is 7. The summed E-state index contributed by atoms with van der Waals surface area (Å²) in [7, 11) is 1.61. The van der Waals surface area contributed by atoms with Gasteiger partial charge in [0.2, 0.25) is 0 Å². The van der Waals surface area contributed by atoms with Gasteiger partial charge >= 0.3 is 0 Å². The van der Waals surface area contributed by atoms with Gasteiger partial charge in [-0.15, -0.1) is 11.8 Å². The highest BCUT2D eigenvalue weighted by Gasteiger charge is 2.11. The average molecular weight is 379 g/mol. The number of nitrogens with one attached hydrogen (secondary N) is 1. The van der Waals surface area contributed by atoms with Crippen molar-refractivity contribution in [2.24, 2.45) is 0 Å². The van der Waals surface area contributed by atoms with Crippen LogP contribution >= 0.6 is 11.8 Å². The molecule has 0 unspecified atom stereocenters. The molecule has 3 aromatic carbocycles. The quantitative estimate of drug-likeness (QED) is 0.523. The first-order valence-electron chi connectivity index (χ1n) is 8.65. The van der Waals surface area contributed by atoms with Gasteiger partial charge in [0.1, 0.15) is 5.75 Å². The lowest BCUT2D eigenvalue weighted by Crippen LogP contribution is -2.12. The van der Waals surface area contributed by atoms with Crippen LogP contribution in [-0.2, 0) is 0 Å². The van der Waals surface area contributed by atoms with E-state index in [0.29, 0.717) is 28.5 Å². The largest absolute Gasteiger partial charge is 0.493 e. The van der Waals surface area contributed by atoms with Crippen molar-refractivity contribution in [1.29, 1.82) is 0 Å². The number of carbonyl (C=O) groups excluding carboxylic acids is 1. The fourth-order valence-corrected chi connectivity index (χ4v) is 3.37. The summed E-state index contributed by atoms with van der Waals surface area (Å²) in [5, 5.41) is 2.94. The van der Waals surface area contributed by atoms with Crippen molar-refractivity contribution in [3.05, 3.63) is 78.4 Å². The number of anilines is 1. The average Bonchev–Trinajstić information content (AvgIpc) is 2.70. The molecule has 1 amide bonds. The first kappa shape index (κ1) is 18.9. The molecule has 0 saturated carbocycles. The molecule has 0 heterocycles. The lowest BCUT2D eigenvalue weighted by Gasteiger charge is -2.11. The summed E-state index contributed by atoms with van der Waals surface area (Å²) in [6.07, 6.45) is 0. The van der Waals surface area contributed by atoms with E-state index < -0.39 is 0 Å². The van der Waals surface area contributed by atoms with Crippen LogP contribution in [-0.4, -0.2) is 18.8 Å². The molecule has 27 heavy (non-hydrogen) atoms. The SMILES string of the molecule is CCSc1ccccc1C(=O)Nc1ccc(Oc2ccccc2OC)cc1. The zero-order chi connectivity index (χ0) is 19.1. The van der Waals surface area contributed by atoms with E-state index in [1.165, 1.54) is 0 Å². The Morgan fingerprint density at radius 3 is 2.30 bits per heavy atom. The van der Waals surface area contributed by atoms with Gasteiger partial charge < -0.3 is 14.8 Å². The van der Waals surface area contributed by atoms with Crippen molar-refractivity contribution in [3.63, 3.8) is 0 Å². The number of methoxy groups -OCH3 is 1. The zero-order valence-electron chi connectivity index (χ0n) is 15.3. The van der Waals surface area contributed by atoms with Crippen molar-refractivity contribution < 1.29 is 14.3 Å². The molecule has 3 rings (SSSR count). The smallest absolute Gasteiger partial charge is 0.256 e. The van der Waals surface area contributed by atoms with Crippen molar-refractivity contribution >= 4 is 23.4 Å². The minimum Gasteiger partial charge on any atom is -0.493 e. The maximum Gasteiger partial charge on any atom is 0.256 e. The summed E-state index contributed by atoms with van der Waals surface area (Å²) < 4.78 is 11.1. The first-order chi connectivity index (χ1) is 13.2. The zero-order valence-corrected chi connectivity index (χ0v) is 16.1. The summed E-state index contributed by atoms with van der Waals surface area (Å²) in [5.41, 5.74) is 1.39. The van der Waals surface area contributed by atoms with E-state index in [-0.39, 0.29) is 5.91 Å². The topological polar surface area (TPSA) is 47.6 Å². The van der Waals surface area contributed by atoms with Crippen LogP contribution in [0.4, 0.5) is 5.69 Å². The van der Waals surface area contributed by atoms with Gasteiger partial charge in [0.15, 0.2) is 11.5 Å². The summed E-state index contributed by atoms with van der Waals surface area (Å²) in [4.78, 5) is 13.6. The molecule has 0 saturated heterocycles. The van der Waals surface area contributed by atoms with Crippen LogP contribution in [0.25, 0.3) is 0 Å². The first-order valence-corrected chi connectivity index (χ1v) is 9.64. The molecule has 4 nitrogen and oxygen atoms in total. The van der Waals surface area contributed by atoms with E-state index in [9.17, 15) is 4.79 Å². The summed E-state index contributed by atoms with van der Waals surface area (Å²) in [6.45, 7) is 2.07. The molecule has 0 atom stereocenters. The van der Waals surface area contributed by atoms with Crippen LogP contribution in [0.2, 0.25) is 0 Å². The Morgan fingerprint density at radius 1 is 0.926 bits per heavy atom. The number of benzene rings is 3. The van der Waals surface area contributed by atoms with Crippen LogP contribution in [0.1, 0.15) is 17.3 Å². The van der Waals surface area contributed by atoms with Gasteiger partial charge in [-0.3, -0.25) is 4.79 Å². The van der Waals surface area contributed by atoms with Gasteiger partial charge in [-0.1, -0.05) is 31.2 Å². The Bertz CT molecular complexity index is 909. The van der Waals surface area contributed by atoms with Crippen molar-refractivity contribution in [2.45, 2.75) is 11.8 Å². The Hall–Kier alpha value is -2.92. The van der Waals surface area contributed by atoms with Gasteiger partial charge in [-0.05, 0) is 54.3 Å². The number of carbonyl (C=O) groups is 1. The Morgan fingerprint density at radius 2 is 1.59 bits per heavy atom. The number of thioether (sulfide) groups is 1. The monoisotopic (exact) mass is 379 g/mol. The number of ether oxygens (including phenoxy) is 2. The van der Waals surface area contributed by atoms with Crippen LogP contribution in [0.5, 0.6) is 17.2 Å². The summed E-state index contributed by atoms with van der Waals surface area (Å²) >= 11 is 1.66. The van der Waals surface area contributed by atoms with Crippen LogP contribution in [0.3, 0.4) is 0 Å². The fraction of sp³-hybridized carbons (Fsp3) is 0.136. The molecule has 0 spiro atoms. The van der Waals surface area contributed by atoms with E-state index in [1.807, 2.05) is 72.8 Å². The predicted molar refractivity (Wildman–Crippen MR) is 110 cm³/mol. The van der Waals surface area contributed by atoms with Crippen LogP contribution in [0.15, 0.2) is 77.7 Å². The number of hydrogen-bond donors (Lipinski definition) is 1. The number of hydrogen-bond acceptors (Lipinski definition) is 4. The van der Waals surface area contributed by atoms with Gasteiger partial charge in [0.05, 0.1) is 12.7 Å². The molecule has 1 N–H and O–H groups in total. The van der Waals surface area contributed by atoms with Gasteiger partial charge in [0, 0.05) is 10.6 Å². The molecule has 0 aliphatic rings. The van der Waals surface area contributed by atoms with E-state index in [0.717, 1.165) is 10.6 Å². The normalized spacial score (nSPS) is 10.3. The highest BCUT2D eigenvalue weighted by molar-refractivity contribution is 7.99. The predicted octanol–water partition coefficient (Wildman–Crippen LogP) is 5.85. The Balaban J connectivity index is 1.70. The van der Waals surface area contributed by atoms with Crippen LogP contribution < -0.4 is 14.8 Å². The molecule has 138 valence electrons. The van der Waals surface area contributed by atoms with Crippen LogP contribution in [0, 0.1) is 0 Å². The number of amides is 1. The van der Waals surface area contributed by atoms with E-state index in [4.69, 9.17) is 9.47 Å². The van der Waals surface area contributed by atoms with Crippen molar-refractivity contribution in [1.82, 2.24) is 0 Å². The standard InChI is InChI=1S/C22H21NO3S/c1-3-27-21-11-7-4-8-18(21)22(24)23-16-12-14-17(15-13-16)26-20-10-6-5-9-19(20)25-2/h4-15H,3H2,1-2H3,(H,23,24). The molecule has 0 fully saturated rings. The summed E-state index contributed by atoms with van der Waals surface area (Å²) in [5.74, 6) is 2.77. The molecule has 0 radical (unpaired) electrons. The fourth-order valence-electron chi connectivity index (χ4n) is 2.57. The molecule has 0 aromatic heterocycles. The van der Waals surface area contributed by atoms with Gasteiger partial charge in [-0.25, -0.2) is 0 Å². The van der Waals surface area contributed by atoms with E-state index in [1.54, 1.807) is 18.9 Å². The minimum absolute atomic E-state index is 0.120. The molecule has 0 bridgehead atoms. The third-order valence-corrected chi connectivity index (χ3v) is 4.80. The van der Waals surface area contributed by atoms with E-state index in [2.05, 4.69) is 12.2 Å². The molecular formula is C22H21NO3S. The summed E-state index contributed by atoms with van der Waals surface area (Å²) in [6, 6.07) is 22.3. The highest BCUT2D eigenvalue weighted by atomic mass is 32.2. The van der Waals surface area contributed by atoms with Crippen molar-refractivity contribution in [2.75, 3.05) is 18.2 Å². The minimum atomic E-state index is -0.120. The molecule has 3 aromatic rings. The van der Waals surface area contributed by atoms with Crippen molar-refractivity contribution in [3.8, 4) is 17.2 Å². The molecule has 0 aliphatic heterocycles. The molecule has 5 heteroatoms. The lowest BCUT2D eigenvalue weighted by molar-refractivity contribution is 0.102. The highest BCUT2D eigenvalue weighted by Crippen LogP contribution is 2.31. The molecular weight excluding hydrogens is 358 g/mol. The van der Waals surface area contributed by atoms with Gasteiger partial charge in [-0.2, -0.15) is 0 Å². The second-order valence-electron chi connectivity index (χ2n) is 5.66. The maximum atomic E-state index is 12.6. The van der Waals surface area contributed by atoms with Gasteiger partial charge in [0.25, 0.3) is 5.91 Å². The Labute approximate surface area is 163 Å².